The summed E-state index contributed by atoms with van der Waals surface area (Å²) in [7, 11) is -4.58. The Bertz CT molecular complexity index is 997. The number of nitrogens with one attached hydrogen (secondary N) is 1. The molecular weight excluding hydrogens is 412 g/mol. The minimum atomic E-state index is -4.58. The molecule has 0 radical (unpaired) electrons. The van der Waals surface area contributed by atoms with Gasteiger partial charge in [0.2, 0.25) is 0 Å². The number of hydrogen-bond donors (Lipinski definition) is 6. The third kappa shape index (κ3) is 4.30. The van der Waals surface area contributed by atoms with E-state index in [2.05, 4.69) is 14.2 Å². The van der Waals surface area contributed by atoms with E-state index in [1.165, 1.54) is 21.8 Å². The summed E-state index contributed by atoms with van der Waals surface area (Å²) in [5, 5.41) is 29.3. The molecule has 0 unspecified atom stereocenters. The number of rotatable bonds is 7. The predicted octanol–water partition coefficient (Wildman–Crippen LogP) is -3.67. The van der Waals surface area contributed by atoms with Gasteiger partial charge in [-0.1, -0.05) is 0 Å². The number of aromatic nitrogens is 3. The molecule has 0 spiro atoms. The first kappa shape index (κ1) is 21.3. The number of carbonyl (C=O) groups is 1. The summed E-state index contributed by atoms with van der Waals surface area (Å²) in [5.41, 5.74) is 11.8. The van der Waals surface area contributed by atoms with Crippen molar-refractivity contribution in [2.75, 3.05) is 18.9 Å². The molecule has 0 aliphatic carbocycles. The van der Waals surface area contributed by atoms with Crippen LogP contribution in [0.25, 0.3) is 11.0 Å². The van der Waals surface area contributed by atoms with E-state index in [9.17, 15) is 23.4 Å². The number of imidazole rings is 1. The van der Waals surface area contributed by atoms with Crippen LogP contribution >= 0.6 is 0 Å². The molecule has 3 heterocycles. The molecular formula is C14H20N6O8S. The lowest BCUT2D eigenvalue weighted by Gasteiger charge is -2.17. The third-order valence-electron chi connectivity index (χ3n) is 4.28. The topological polar surface area (TPSA) is 225 Å². The number of pyridine rings is 1. The molecule has 3 rings (SSSR count). The average Bonchev–Trinajstić information content (AvgIpc) is 3.22. The normalized spacial score (nSPS) is 25.9. The first-order chi connectivity index (χ1) is 13.6. The molecule has 1 amide bonds. The molecule has 1 aliphatic heterocycles. The Labute approximate surface area is 164 Å². The van der Waals surface area contributed by atoms with Gasteiger partial charge in [-0.05, 0) is 6.07 Å². The Hall–Kier alpha value is -2.40. The smallest absolute Gasteiger partial charge is 0.362 e. The highest BCUT2D eigenvalue weighted by atomic mass is 32.2. The SMILES string of the molecule is Nc1nccc2c1ncn2[C@@H]1O[C@H](COS(=O)(=O)NC(=O)[C@@H](N)CO)[C@@H](O)[C@H]1O. The highest BCUT2D eigenvalue weighted by molar-refractivity contribution is 7.85. The number of ether oxygens (including phenoxy) is 1. The summed E-state index contributed by atoms with van der Waals surface area (Å²) >= 11 is 0. The maximum Gasteiger partial charge on any atom is 0.362 e. The minimum Gasteiger partial charge on any atom is -0.394 e. The largest absolute Gasteiger partial charge is 0.394 e. The van der Waals surface area contributed by atoms with Crippen LogP contribution in [0.15, 0.2) is 18.6 Å². The molecule has 1 fully saturated rings. The number of aliphatic hydroxyl groups is 3. The van der Waals surface area contributed by atoms with Gasteiger partial charge in [-0.25, -0.2) is 14.7 Å². The Balaban J connectivity index is 1.70. The van der Waals surface area contributed by atoms with E-state index in [-0.39, 0.29) is 5.82 Å². The summed E-state index contributed by atoms with van der Waals surface area (Å²) in [4.78, 5) is 19.4. The standard InChI is InChI=1S/C14H20N6O8S/c15-6(3-21)13(24)19-29(25,26)27-4-8-10(22)11(23)14(28-8)20-5-18-9-7(20)1-2-17-12(9)16/h1-2,5-6,8,10-11,14,21-23H,3-4,15H2,(H2,16,17)(H,19,24)/t6-,8+,10+,11+,14+/m0/s1. The van der Waals surface area contributed by atoms with Gasteiger partial charge in [0.15, 0.2) is 12.0 Å². The number of fused-ring (bicyclic) bond motifs is 1. The van der Waals surface area contributed by atoms with Crippen molar-refractivity contribution in [2.24, 2.45) is 5.73 Å². The molecule has 15 heteroatoms. The van der Waals surface area contributed by atoms with Crippen LogP contribution in [0.1, 0.15) is 6.23 Å². The molecule has 1 aliphatic rings. The molecule has 2 aromatic heterocycles. The lowest BCUT2D eigenvalue weighted by Crippen LogP contribution is -2.46. The van der Waals surface area contributed by atoms with Crippen LogP contribution in [0, 0.1) is 0 Å². The van der Waals surface area contributed by atoms with Gasteiger partial charge in [0.05, 0.1) is 25.1 Å². The van der Waals surface area contributed by atoms with Crippen LogP contribution in [0.2, 0.25) is 0 Å². The predicted molar refractivity (Wildman–Crippen MR) is 95.9 cm³/mol. The zero-order valence-corrected chi connectivity index (χ0v) is 15.6. The Morgan fingerprint density at radius 2 is 2.10 bits per heavy atom. The van der Waals surface area contributed by atoms with Gasteiger partial charge in [0.1, 0.15) is 29.9 Å². The molecule has 0 saturated carbocycles. The number of nitrogen functional groups attached to an aromatic ring is 1. The van der Waals surface area contributed by atoms with E-state index in [4.69, 9.17) is 21.3 Å². The van der Waals surface area contributed by atoms with Crippen LogP contribution in [0.4, 0.5) is 5.82 Å². The number of anilines is 1. The monoisotopic (exact) mass is 432 g/mol. The molecule has 160 valence electrons. The van der Waals surface area contributed by atoms with Crippen LogP contribution in [-0.4, -0.2) is 81.7 Å². The van der Waals surface area contributed by atoms with E-state index >= 15 is 0 Å². The maximum absolute atomic E-state index is 11.8. The van der Waals surface area contributed by atoms with Crippen LogP contribution in [0.5, 0.6) is 0 Å². The van der Waals surface area contributed by atoms with Gasteiger partial charge in [-0.2, -0.15) is 8.42 Å². The second-order valence-corrected chi connectivity index (χ2v) is 7.60. The lowest BCUT2D eigenvalue weighted by molar-refractivity contribution is -0.121. The molecule has 0 bridgehead atoms. The number of hydrogen-bond acceptors (Lipinski definition) is 12. The molecule has 0 aromatic carbocycles. The summed E-state index contributed by atoms with van der Waals surface area (Å²) in [6.45, 7) is -1.47. The fraction of sp³-hybridized carbons (Fsp3) is 0.500. The van der Waals surface area contributed by atoms with Crippen molar-refractivity contribution in [1.82, 2.24) is 19.3 Å². The zero-order chi connectivity index (χ0) is 21.3. The van der Waals surface area contributed by atoms with Crippen LogP contribution < -0.4 is 16.2 Å². The molecule has 1 saturated heterocycles. The van der Waals surface area contributed by atoms with E-state index < -0.39 is 60.0 Å². The van der Waals surface area contributed by atoms with Crippen molar-refractivity contribution >= 4 is 33.1 Å². The Morgan fingerprint density at radius 3 is 2.79 bits per heavy atom. The van der Waals surface area contributed by atoms with Gasteiger partial charge in [0, 0.05) is 6.20 Å². The number of nitrogens with two attached hydrogens (primary N) is 2. The van der Waals surface area contributed by atoms with Gasteiger partial charge in [0.25, 0.3) is 5.91 Å². The molecule has 5 atom stereocenters. The zero-order valence-electron chi connectivity index (χ0n) is 14.8. The lowest BCUT2D eigenvalue weighted by atomic mass is 10.1. The second-order valence-electron chi connectivity index (χ2n) is 6.26. The number of aliphatic hydroxyl groups excluding tert-OH is 3. The fourth-order valence-corrected chi connectivity index (χ4v) is 3.52. The van der Waals surface area contributed by atoms with E-state index in [0.29, 0.717) is 11.0 Å². The van der Waals surface area contributed by atoms with Gasteiger partial charge in [-0.3, -0.25) is 8.98 Å². The molecule has 2 aromatic rings. The quantitative estimate of drug-likeness (QED) is 0.249. The minimum absolute atomic E-state index is 0.164. The third-order valence-corrected chi connectivity index (χ3v) is 5.18. The van der Waals surface area contributed by atoms with Crippen molar-refractivity contribution < 1.29 is 37.5 Å². The summed E-state index contributed by atoms with van der Waals surface area (Å²) < 4.78 is 36.7. The van der Waals surface area contributed by atoms with E-state index in [0.717, 1.165) is 0 Å². The Morgan fingerprint density at radius 1 is 1.38 bits per heavy atom. The first-order valence-electron chi connectivity index (χ1n) is 8.30. The summed E-state index contributed by atoms with van der Waals surface area (Å²) in [6, 6.07) is 0.124. The molecule has 8 N–H and O–H groups in total. The Kier molecular flexibility index (Phi) is 5.99. The average molecular weight is 432 g/mol. The van der Waals surface area contributed by atoms with Crippen LogP contribution in [-0.2, 0) is 24.0 Å². The van der Waals surface area contributed by atoms with E-state index in [1.807, 2.05) is 0 Å². The van der Waals surface area contributed by atoms with E-state index in [1.54, 1.807) is 6.07 Å². The first-order valence-corrected chi connectivity index (χ1v) is 9.71. The fourth-order valence-electron chi connectivity index (χ4n) is 2.75. The van der Waals surface area contributed by atoms with Gasteiger partial charge < -0.3 is 36.1 Å². The van der Waals surface area contributed by atoms with Crippen molar-refractivity contribution in [3.05, 3.63) is 18.6 Å². The van der Waals surface area contributed by atoms with Crippen molar-refractivity contribution in [3.63, 3.8) is 0 Å². The number of carbonyl (C=O) groups excluding carboxylic acids is 1. The highest BCUT2D eigenvalue weighted by Gasteiger charge is 2.45. The molecule has 14 nitrogen and oxygen atoms in total. The summed E-state index contributed by atoms with van der Waals surface area (Å²) in [5.74, 6) is -1.01. The second kappa shape index (κ2) is 8.15. The van der Waals surface area contributed by atoms with Crippen LogP contribution in [0.3, 0.4) is 0 Å². The summed E-state index contributed by atoms with van der Waals surface area (Å²) in [6.07, 6.45) is -2.52. The number of nitrogens with zero attached hydrogens (tertiary/aromatic N) is 3. The van der Waals surface area contributed by atoms with Crippen molar-refractivity contribution in [2.45, 2.75) is 30.6 Å². The highest BCUT2D eigenvalue weighted by Crippen LogP contribution is 2.32. The maximum atomic E-state index is 11.8. The molecule has 29 heavy (non-hydrogen) atoms. The van der Waals surface area contributed by atoms with Gasteiger partial charge >= 0.3 is 10.3 Å². The van der Waals surface area contributed by atoms with Crippen molar-refractivity contribution in [1.29, 1.82) is 0 Å². The van der Waals surface area contributed by atoms with Gasteiger partial charge in [-0.15, -0.1) is 0 Å². The number of amides is 1. The van der Waals surface area contributed by atoms with Crippen molar-refractivity contribution in [3.8, 4) is 0 Å².